The van der Waals surface area contributed by atoms with Gasteiger partial charge < -0.3 is 24.8 Å². The summed E-state index contributed by atoms with van der Waals surface area (Å²) in [6.07, 6.45) is 1.40. The number of rotatable bonds is 9. The fraction of sp³-hybridized carbons (Fsp3) is 0.625. The molecule has 2 rings (SSSR count). The Morgan fingerprint density at radius 1 is 1.09 bits per heavy atom. The van der Waals surface area contributed by atoms with Crippen LogP contribution < -0.4 is 10.2 Å². The summed E-state index contributed by atoms with van der Waals surface area (Å²) in [6, 6.07) is 5.45. The number of anilines is 2. The molecule has 0 unspecified atom stereocenters. The third-order valence-corrected chi connectivity index (χ3v) is 5.61. The summed E-state index contributed by atoms with van der Waals surface area (Å²) < 4.78 is 4.88. The molecule has 0 aliphatic carbocycles. The number of carbonyl (C=O) groups is 3. The summed E-state index contributed by atoms with van der Waals surface area (Å²) in [5, 5.41) is 2.79. The van der Waals surface area contributed by atoms with Crippen molar-refractivity contribution >= 4 is 29.1 Å². The van der Waals surface area contributed by atoms with E-state index < -0.39 is 0 Å². The van der Waals surface area contributed by atoms with Crippen LogP contribution in [-0.2, 0) is 14.3 Å². The normalized spacial score (nSPS) is 14.3. The van der Waals surface area contributed by atoms with Gasteiger partial charge in [-0.2, -0.15) is 0 Å². The van der Waals surface area contributed by atoms with Gasteiger partial charge in [0.15, 0.2) is 0 Å². The molecular weight excluding hydrogens is 408 g/mol. The molecule has 0 bridgehead atoms. The van der Waals surface area contributed by atoms with Gasteiger partial charge in [-0.25, -0.2) is 0 Å². The van der Waals surface area contributed by atoms with Gasteiger partial charge in [0.1, 0.15) is 6.61 Å². The molecule has 178 valence electrons. The standard InChI is InChI=1S/C24H38N4O4/c1-6-26(7-2)24(31)20-16-19(25-22(29)17-32-5)9-10-21(20)27-11-8-12-28(14-13-27)23(30)15-18(3)4/h9-10,16,18H,6-8,11-15,17H2,1-5H3,(H,25,29). The first kappa shape index (κ1) is 25.6. The van der Waals surface area contributed by atoms with E-state index in [0.29, 0.717) is 49.8 Å². The number of benzene rings is 1. The van der Waals surface area contributed by atoms with E-state index in [-0.39, 0.29) is 24.3 Å². The van der Waals surface area contributed by atoms with Crippen LogP contribution >= 0.6 is 0 Å². The van der Waals surface area contributed by atoms with E-state index in [9.17, 15) is 14.4 Å². The molecule has 1 aromatic carbocycles. The fourth-order valence-electron chi connectivity index (χ4n) is 3.96. The molecule has 0 saturated carbocycles. The molecular formula is C24H38N4O4. The molecule has 1 aliphatic rings. The predicted octanol–water partition coefficient (Wildman–Crippen LogP) is 2.84. The SMILES string of the molecule is CCN(CC)C(=O)c1cc(NC(=O)COC)ccc1N1CCCN(C(=O)CC(C)C)CC1. The van der Waals surface area contributed by atoms with Crippen LogP contribution in [0, 0.1) is 5.92 Å². The molecule has 8 heteroatoms. The lowest BCUT2D eigenvalue weighted by Gasteiger charge is -2.28. The highest BCUT2D eigenvalue weighted by atomic mass is 16.5. The number of ether oxygens (including phenoxy) is 1. The average Bonchev–Trinajstić information content (AvgIpc) is 3.00. The van der Waals surface area contributed by atoms with Crippen molar-refractivity contribution in [3.8, 4) is 0 Å². The van der Waals surface area contributed by atoms with E-state index in [1.54, 1.807) is 11.0 Å². The minimum absolute atomic E-state index is 0.0482. The third-order valence-electron chi connectivity index (χ3n) is 5.61. The van der Waals surface area contributed by atoms with E-state index in [0.717, 1.165) is 25.2 Å². The second kappa shape index (κ2) is 12.4. The molecule has 1 N–H and O–H groups in total. The summed E-state index contributed by atoms with van der Waals surface area (Å²) >= 11 is 0. The lowest BCUT2D eigenvalue weighted by Crippen LogP contribution is -2.37. The molecule has 1 fully saturated rings. The number of methoxy groups -OCH3 is 1. The maximum atomic E-state index is 13.3. The lowest BCUT2D eigenvalue weighted by atomic mass is 10.1. The van der Waals surface area contributed by atoms with Crippen LogP contribution in [0.1, 0.15) is 50.9 Å². The van der Waals surface area contributed by atoms with E-state index in [1.807, 2.05) is 30.9 Å². The van der Waals surface area contributed by atoms with E-state index >= 15 is 0 Å². The molecule has 1 aliphatic heterocycles. The van der Waals surface area contributed by atoms with Crippen molar-refractivity contribution in [1.29, 1.82) is 0 Å². The zero-order valence-electron chi connectivity index (χ0n) is 20.1. The van der Waals surface area contributed by atoms with Gasteiger partial charge in [0, 0.05) is 64.2 Å². The van der Waals surface area contributed by atoms with Crippen molar-refractivity contribution in [2.24, 2.45) is 5.92 Å². The third kappa shape index (κ3) is 6.95. The topological polar surface area (TPSA) is 82.2 Å². The molecule has 3 amide bonds. The summed E-state index contributed by atoms with van der Waals surface area (Å²) in [6.45, 7) is 12.0. The first-order valence-electron chi connectivity index (χ1n) is 11.5. The maximum Gasteiger partial charge on any atom is 0.256 e. The molecule has 0 spiro atoms. The Bertz CT molecular complexity index is 792. The van der Waals surface area contributed by atoms with Gasteiger partial charge in [-0.1, -0.05) is 13.8 Å². The van der Waals surface area contributed by atoms with Gasteiger partial charge >= 0.3 is 0 Å². The zero-order valence-corrected chi connectivity index (χ0v) is 20.1. The van der Waals surface area contributed by atoms with Crippen LogP contribution in [0.3, 0.4) is 0 Å². The van der Waals surface area contributed by atoms with Crippen LogP contribution in [-0.4, -0.2) is 80.5 Å². The minimum atomic E-state index is -0.268. The number of amides is 3. The highest BCUT2D eigenvalue weighted by Gasteiger charge is 2.24. The van der Waals surface area contributed by atoms with Gasteiger partial charge in [0.25, 0.3) is 5.91 Å². The second-order valence-corrected chi connectivity index (χ2v) is 8.51. The van der Waals surface area contributed by atoms with E-state index in [4.69, 9.17) is 4.74 Å². The first-order valence-corrected chi connectivity index (χ1v) is 11.5. The average molecular weight is 447 g/mol. The van der Waals surface area contributed by atoms with Crippen molar-refractivity contribution in [2.75, 3.05) is 63.2 Å². The Balaban J connectivity index is 2.29. The summed E-state index contributed by atoms with van der Waals surface area (Å²) in [5.41, 5.74) is 1.96. The predicted molar refractivity (Wildman–Crippen MR) is 127 cm³/mol. The number of hydrogen-bond acceptors (Lipinski definition) is 5. The molecule has 0 atom stereocenters. The molecule has 1 aromatic rings. The van der Waals surface area contributed by atoms with E-state index in [1.165, 1.54) is 7.11 Å². The van der Waals surface area contributed by atoms with Gasteiger partial charge in [0.2, 0.25) is 11.8 Å². The van der Waals surface area contributed by atoms with Crippen molar-refractivity contribution in [3.05, 3.63) is 23.8 Å². The van der Waals surface area contributed by atoms with E-state index in [2.05, 4.69) is 24.1 Å². The van der Waals surface area contributed by atoms with Crippen molar-refractivity contribution in [1.82, 2.24) is 9.80 Å². The maximum absolute atomic E-state index is 13.3. The van der Waals surface area contributed by atoms with Crippen molar-refractivity contribution in [2.45, 2.75) is 40.5 Å². The van der Waals surface area contributed by atoms with Crippen LogP contribution in [0.5, 0.6) is 0 Å². The Hall–Kier alpha value is -2.61. The lowest BCUT2D eigenvalue weighted by molar-refractivity contribution is -0.131. The summed E-state index contributed by atoms with van der Waals surface area (Å²) in [5.74, 6) is 0.193. The van der Waals surface area contributed by atoms with Crippen molar-refractivity contribution in [3.63, 3.8) is 0 Å². The van der Waals surface area contributed by atoms with Crippen LogP contribution in [0.4, 0.5) is 11.4 Å². The largest absolute Gasteiger partial charge is 0.375 e. The van der Waals surface area contributed by atoms with Gasteiger partial charge in [-0.15, -0.1) is 0 Å². The van der Waals surface area contributed by atoms with Crippen LogP contribution in [0.2, 0.25) is 0 Å². The molecule has 1 saturated heterocycles. The number of nitrogens with zero attached hydrogens (tertiary/aromatic N) is 3. The van der Waals surface area contributed by atoms with Gasteiger partial charge in [0.05, 0.1) is 5.56 Å². The Labute approximate surface area is 191 Å². The van der Waals surface area contributed by atoms with Crippen LogP contribution in [0.15, 0.2) is 18.2 Å². The molecule has 8 nitrogen and oxygen atoms in total. The summed E-state index contributed by atoms with van der Waals surface area (Å²) in [7, 11) is 1.46. The fourth-order valence-corrected chi connectivity index (χ4v) is 3.96. The number of carbonyl (C=O) groups excluding carboxylic acids is 3. The highest BCUT2D eigenvalue weighted by Crippen LogP contribution is 2.27. The Morgan fingerprint density at radius 3 is 2.44 bits per heavy atom. The Kier molecular flexibility index (Phi) is 9.97. The quantitative estimate of drug-likeness (QED) is 0.631. The molecule has 0 radical (unpaired) electrons. The zero-order chi connectivity index (χ0) is 23.7. The molecule has 0 aromatic heterocycles. The smallest absolute Gasteiger partial charge is 0.256 e. The second-order valence-electron chi connectivity index (χ2n) is 8.51. The molecule has 32 heavy (non-hydrogen) atoms. The van der Waals surface area contributed by atoms with Gasteiger partial charge in [-0.3, -0.25) is 14.4 Å². The minimum Gasteiger partial charge on any atom is -0.375 e. The monoisotopic (exact) mass is 446 g/mol. The highest BCUT2D eigenvalue weighted by molar-refractivity contribution is 6.02. The summed E-state index contributed by atoms with van der Waals surface area (Å²) in [4.78, 5) is 43.7. The Morgan fingerprint density at radius 2 is 1.81 bits per heavy atom. The van der Waals surface area contributed by atoms with Crippen LogP contribution in [0.25, 0.3) is 0 Å². The number of hydrogen-bond donors (Lipinski definition) is 1. The molecule has 1 heterocycles. The van der Waals surface area contributed by atoms with Gasteiger partial charge in [-0.05, 0) is 44.4 Å². The number of nitrogens with one attached hydrogen (secondary N) is 1. The van der Waals surface area contributed by atoms with Crippen molar-refractivity contribution < 1.29 is 19.1 Å². The first-order chi connectivity index (χ1) is 15.3.